The Morgan fingerprint density at radius 3 is 2.63 bits per heavy atom. The van der Waals surface area contributed by atoms with Gasteiger partial charge in [-0.05, 0) is 38.2 Å². The molecule has 7 heteroatoms. The summed E-state index contributed by atoms with van der Waals surface area (Å²) in [5.74, 6) is -0.300. The van der Waals surface area contributed by atoms with E-state index >= 15 is 0 Å². The van der Waals surface area contributed by atoms with E-state index in [-0.39, 0.29) is 22.5 Å². The van der Waals surface area contributed by atoms with Crippen LogP contribution >= 0.6 is 15.9 Å². The van der Waals surface area contributed by atoms with E-state index in [9.17, 15) is 18.0 Å². The Hall–Kier alpha value is -1.08. The quantitative estimate of drug-likeness (QED) is 0.808. The number of rotatable bonds is 5. The van der Waals surface area contributed by atoms with Crippen molar-refractivity contribution in [2.45, 2.75) is 19.0 Å². The molecule has 1 amide bonds. The second-order valence-corrected chi connectivity index (χ2v) is 4.80. The molecule has 0 fully saturated rings. The average Bonchev–Trinajstić information content (AvgIpc) is 2.30. The summed E-state index contributed by atoms with van der Waals surface area (Å²) in [4.78, 5) is 11.5. The second kappa shape index (κ2) is 6.91. The summed E-state index contributed by atoms with van der Waals surface area (Å²) in [6.07, 6.45) is -3.56. The number of amides is 1. The lowest BCUT2D eigenvalue weighted by Gasteiger charge is -2.12. The summed E-state index contributed by atoms with van der Waals surface area (Å²) in [7, 11) is 1.77. The molecule has 1 aromatic rings. The van der Waals surface area contributed by atoms with Crippen molar-refractivity contribution in [3.63, 3.8) is 0 Å². The zero-order valence-electron chi connectivity index (χ0n) is 10.3. The molecule has 3 nitrogen and oxygen atoms in total. The highest BCUT2D eigenvalue weighted by molar-refractivity contribution is 9.10. The van der Waals surface area contributed by atoms with E-state index in [0.717, 1.165) is 6.07 Å². The third-order valence-electron chi connectivity index (χ3n) is 2.39. The van der Waals surface area contributed by atoms with E-state index in [1.54, 1.807) is 7.05 Å². The largest absolute Gasteiger partial charge is 0.417 e. The number of benzene rings is 1. The number of carbonyl (C=O) groups is 1. The van der Waals surface area contributed by atoms with Gasteiger partial charge in [0.05, 0.1) is 5.56 Å². The minimum absolute atomic E-state index is 0.0480. The zero-order chi connectivity index (χ0) is 14.5. The van der Waals surface area contributed by atoms with E-state index in [0.29, 0.717) is 13.0 Å². The Balaban J connectivity index is 2.72. The van der Waals surface area contributed by atoms with Gasteiger partial charge < -0.3 is 10.6 Å². The summed E-state index contributed by atoms with van der Waals surface area (Å²) < 4.78 is 37.9. The molecular formula is C12H14BrF3N2O. The highest BCUT2D eigenvalue weighted by Crippen LogP contribution is 2.36. The van der Waals surface area contributed by atoms with Crippen LogP contribution in [0.15, 0.2) is 22.7 Å². The molecule has 19 heavy (non-hydrogen) atoms. The fourth-order valence-corrected chi connectivity index (χ4v) is 1.94. The maximum atomic E-state index is 12.7. The molecule has 0 unspecified atom stereocenters. The van der Waals surface area contributed by atoms with Crippen molar-refractivity contribution in [3.8, 4) is 0 Å². The average molecular weight is 339 g/mol. The van der Waals surface area contributed by atoms with Crippen LogP contribution in [0.4, 0.5) is 18.9 Å². The predicted octanol–water partition coefficient (Wildman–Crippen LogP) is 3.41. The summed E-state index contributed by atoms with van der Waals surface area (Å²) in [5, 5.41) is 5.34. The molecule has 0 aliphatic heterocycles. The van der Waals surface area contributed by atoms with Gasteiger partial charge in [0.15, 0.2) is 0 Å². The fraction of sp³-hybridized carbons (Fsp3) is 0.417. The van der Waals surface area contributed by atoms with Crippen LogP contribution in [0.2, 0.25) is 0 Å². The van der Waals surface area contributed by atoms with Crippen molar-refractivity contribution in [3.05, 3.63) is 28.2 Å². The van der Waals surface area contributed by atoms with Gasteiger partial charge in [-0.2, -0.15) is 13.2 Å². The Morgan fingerprint density at radius 1 is 1.37 bits per heavy atom. The normalized spacial score (nSPS) is 11.4. The summed E-state index contributed by atoms with van der Waals surface area (Å²) in [6.45, 7) is 0.682. The first kappa shape index (κ1) is 16.0. The van der Waals surface area contributed by atoms with E-state index in [1.807, 2.05) is 0 Å². The van der Waals surface area contributed by atoms with Crippen molar-refractivity contribution in [1.29, 1.82) is 0 Å². The van der Waals surface area contributed by atoms with Crippen LogP contribution < -0.4 is 10.6 Å². The van der Waals surface area contributed by atoms with Crippen molar-refractivity contribution >= 4 is 27.5 Å². The molecule has 0 saturated carbocycles. The standard InChI is InChI=1S/C12H14BrF3N2O/c1-17-6-2-3-11(19)18-8-4-5-10(13)9(7-8)12(14,15)16/h4-5,7,17H,2-3,6H2,1H3,(H,18,19). The molecule has 0 aromatic heterocycles. The summed E-state index contributed by atoms with van der Waals surface area (Å²) >= 11 is 2.84. The third kappa shape index (κ3) is 5.20. The van der Waals surface area contributed by atoms with Gasteiger partial charge in [-0.3, -0.25) is 4.79 Å². The number of anilines is 1. The van der Waals surface area contributed by atoms with Crippen LogP contribution in [0.25, 0.3) is 0 Å². The van der Waals surface area contributed by atoms with Crippen molar-refractivity contribution < 1.29 is 18.0 Å². The SMILES string of the molecule is CNCCCC(=O)Nc1ccc(Br)c(C(F)(F)F)c1. The lowest BCUT2D eigenvalue weighted by molar-refractivity contribution is -0.138. The molecule has 1 rings (SSSR count). The van der Waals surface area contributed by atoms with Gasteiger partial charge >= 0.3 is 6.18 Å². The fourth-order valence-electron chi connectivity index (χ4n) is 1.47. The Kier molecular flexibility index (Phi) is 5.81. The van der Waals surface area contributed by atoms with Crippen LogP contribution in [-0.2, 0) is 11.0 Å². The van der Waals surface area contributed by atoms with Gasteiger partial charge in [0.1, 0.15) is 0 Å². The molecule has 0 aliphatic rings. The molecule has 0 aliphatic carbocycles. The molecule has 0 spiro atoms. The summed E-state index contributed by atoms with van der Waals surface area (Å²) in [6, 6.07) is 3.61. The number of halogens is 4. The van der Waals surface area contributed by atoms with E-state index < -0.39 is 11.7 Å². The molecule has 0 radical (unpaired) electrons. The first-order valence-electron chi connectivity index (χ1n) is 5.66. The van der Waals surface area contributed by atoms with Gasteiger partial charge in [-0.1, -0.05) is 15.9 Å². The second-order valence-electron chi connectivity index (χ2n) is 3.95. The Morgan fingerprint density at radius 2 is 2.05 bits per heavy atom. The molecule has 0 bridgehead atoms. The third-order valence-corrected chi connectivity index (χ3v) is 3.08. The highest BCUT2D eigenvalue weighted by atomic mass is 79.9. The lowest BCUT2D eigenvalue weighted by atomic mass is 10.2. The van der Waals surface area contributed by atoms with Crippen LogP contribution in [0, 0.1) is 0 Å². The van der Waals surface area contributed by atoms with Crippen molar-refractivity contribution in [1.82, 2.24) is 5.32 Å². The predicted molar refractivity (Wildman–Crippen MR) is 70.9 cm³/mol. The molecular weight excluding hydrogens is 325 g/mol. The van der Waals surface area contributed by atoms with Gasteiger partial charge in [0.2, 0.25) is 5.91 Å². The number of alkyl halides is 3. The minimum Gasteiger partial charge on any atom is -0.326 e. The number of hydrogen-bond donors (Lipinski definition) is 2. The van der Waals surface area contributed by atoms with E-state index in [4.69, 9.17) is 0 Å². The van der Waals surface area contributed by atoms with Crippen molar-refractivity contribution in [2.75, 3.05) is 18.9 Å². The maximum absolute atomic E-state index is 12.7. The monoisotopic (exact) mass is 338 g/mol. The number of hydrogen-bond acceptors (Lipinski definition) is 2. The van der Waals surface area contributed by atoms with Crippen LogP contribution in [0.1, 0.15) is 18.4 Å². The molecule has 0 heterocycles. The molecule has 0 saturated heterocycles. The van der Waals surface area contributed by atoms with Crippen LogP contribution in [-0.4, -0.2) is 19.5 Å². The molecule has 106 valence electrons. The zero-order valence-corrected chi connectivity index (χ0v) is 11.9. The van der Waals surface area contributed by atoms with Crippen LogP contribution in [0.3, 0.4) is 0 Å². The minimum atomic E-state index is -4.45. The number of nitrogens with one attached hydrogen (secondary N) is 2. The van der Waals surface area contributed by atoms with Crippen molar-refractivity contribution in [2.24, 2.45) is 0 Å². The lowest BCUT2D eigenvalue weighted by Crippen LogP contribution is -2.16. The molecule has 1 aromatic carbocycles. The maximum Gasteiger partial charge on any atom is 0.417 e. The van der Waals surface area contributed by atoms with Gasteiger partial charge in [0.25, 0.3) is 0 Å². The summed E-state index contributed by atoms with van der Waals surface area (Å²) in [5.41, 5.74) is -0.662. The van der Waals surface area contributed by atoms with E-state index in [2.05, 4.69) is 26.6 Å². The highest BCUT2D eigenvalue weighted by Gasteiger charge is 2.33. The van der Waals surface area contributed by atoms with Gasteiger partial charge in [0, 0.05) is 16.6 Å². The number of carbonyl (C=O) groups excluding carboxylic acids is 1. The van der Waals surface area contributed by atoms with Gasteiger partial charge in [-0.15, -0.1) is 0 Å². The van der Waals surface area contributed by atoms with E-state index in [1.165, 1.54) is 12.1 Å². The first-order valence-corrected chi connectivity index (χ1v) is 6.45. The van der Waals surface area contributed by atoms with Gasteiger partial charge in [-0.25, -0.2) is 0 Å². The Bertz CT molecular complexity index is 449. The smallest absolute Gasteiger partial charge is 0.326 e. The van der Waals surface area contributed by atoms with Crippen LogP contribution in [0.5, 0.6) is 0 Å². The first-order chi connectivity index (χ1) is 8.84. The molecule has 0 atom stereocenters. The molecule has 2 N–H and O–H groups in total. The topological polar surface area (TPSA) is 41.1 Å². The Labute approximate surface area is 117 Å².